The van der Waals surface area contributed by atoms with Crippen LogP contribution in [0.1, 0.15) is 12.5 Å². The third-order valence-electron chi connectivity index (χ3n) is 3.67. The number of halogens is 4. The zero-order valence-electron chi connectivity index (χ0n) is 13.0. The first kappa shape index (κ1) is 17.0. The number of alkyl halides is 4. The van der Waals surface area contributed by atoms with Gasteiger partial charge in [-0.25, -0.2) is 14.4 Å². The summed E-state index contributed by atoms with van der Waals surface area (Å²) in [4.78, 5) is 19.0. The first-order valence-corrected chi connectivity index (χ1v) is 7.34. The van der Waals surface area contributed by atoms with Crippen LogP contribution < -0.4 is 0 Å². The number of H-pyrrole nitrogens is 1. The quantitative estimate of drug-likeness (QED) is 0.660. The van der Waals surface area contributed by atoms with Gasteiger partial charge in [-0.15, -0.1) is 0 Å². The van der Waals surface area contributed by atoms with Crippen molar-refractivity contribution in [3.05, 3.63) is 42.0 Å². The fraction of sp³-hybridized carbons (Fsp3) is 0.250. The molecule has 0 saturated heterocycles. The van der Waals surface area contributed by atoms with E-state index in [2.05, 4.69) is 24.9 Å². The van der Waals surface area contributed by atoms with E-state index in [0.717, 1.165) is 17.3 Å². The van der Waals surface area contributed by atoms with E-state index in [9.17, 15) is 17.6 Å². The summed E-state index contributed by atoms with van der Waals surface area (Å²) in [7, 11) is 0. The lowest BCUT2D eigenvalue weighted by atomic mass is 10.0. The largest absolute Gasteiger partial charge is 0.424 e. The number of fused-ring (bicyclic) bond motifs is 1. The fourth-order valence-electron chi connectivity index (χ4n) is 2.36. The topological polar surface area (TPSA) is 66.3 Å². The predicted octanol–water partition coefficient (Wildman–Crippen LogP) is 3.67. The van der Waals surface area contributed by atoms with Crippen LogP contribution in [0.4, 0.5) is 17.6 Å². The molecule has 3 rings (SSSR count). The SMILES string of the molecule is C/C=C(\C=N/CC1=NC=C1C(F)C(F)(F)F)c1ccnc2[nH]cnc12. The van der Waals surface area contributed by atoms with E-state index >= 15 is 0 Å². The maximum Gasteiger partial charge on any atom is 0.424 e. The summed E-state index contributed by atoms with van der Waals surface area (Å²) in [5, 5.41) is 0. The third-order valence-corrected chi connectivity index (χ3v) is 3.67. The lowest BCUT2D eigenvalue weighted by Crippen LogP contribution is -2.33. The molecule has 1 N–H and O–H groups in total. The predicted molar refractivity (Wildman–Crippen MR) is 87.4 cm³/mol. The summed E-state index contributed by atoms with van der Waals surface area (Å²) in [5.41, 5.74) is 2.30. The number of hydrogen-bond acceptors (Lipinski definition) is 4. The first-order chi connectivity index (χ1) is 11.9. The van der Waals surface area contributed by atoms with Gasteiger partial charge in [0.25, 0.3) is 0 Å². The molecule has 0 aromatic carbocycles. The van der Waals surface area contributed by atoms with Crippen molar-refractivity contribution in [2.45, 2.75) is 19.3 Å². The van der Waals surface area contributed by atoms with Crippen LogP contribution in [0.25, 0.3) is 16.7 Å². The standard InChI is InChI=1S/C16H13F4N5/c1-2-9(10-3-4-22-15-13(10)24-8-25-15)5-21-7-12-11(6-23-12)14(17)16(18,19)20/h2-6,8,14H,7H2,1H3,(H,22,24,25)/b9-2+,21-5-. The molecule has 1 atom stereocenters. The number of aromatic nitrogens is 3. The van der Waals surface area contributed by atoms with Crippen LogP contribution >= 0.6 is 0 Å². The van der Waals surface area contributed by atoms with Crippen molar-refractivity contribution in [2.75, 3.05) is 6.54 Å². The number of aromatic amines is 1. The number of allylic oxidation sites excluding steroid dienone is 2. The summed E-state index contributed by atoms with van der Waals surface area (Å²) in [6.45, 7) is 1.67. The zero-order chi connectivity index (χ0) is 18.0. The Bertz CT molecular complexity index is 905. The van der Waals surface area contributed by atoms with Crippen molar-refractivity contribution < 1.29 is 17.6 Å². The summed E-state index contributed by atoms with van der Waals surface area (Å²) in [6.07, 6.45) is -0.655. The van der Waals surface area contributed by atoms with Crippen LogP contribution in [0.3, 0.4) is 0 Å². The molecule has 0 bridgehead atoms. The Kier molecular flexibility index (Phi) is 4.47. The minimum atomic E-state index is -4.94. The van der Waals surface area contributed by atoms with Crippen molar-refractivity contribution in [2.24, 2.45) is 9.98 Å². The third kappa shape index (κ3) is 3.35. The number of hydrogen-bond donors (Lipinski definition) is 1. The highest BCUT2D eigenvalue weighted by atomic mass is 19.4. The number of rotatable bonds is 5. The Morgan fingerprint density at radius 1 is 1.36 bits per heavy atom. The van der Waals surface area contributed by atoms with E-state index in [-0.39, 0.29) is 12.3 Å². The van der Waals surface area contributed by atoms with Gasteiger partial charge in [0.05, 0.1) is 18.6 Å². The summed E-state index contributed by atoms with van der Waals surface area (Å²) in [6, 6.07) is 1.76. The van der Waals surface area contributed by atoms with Crippen LogP contribution in [0.15, 0.2) is 46.4 Å². The van der Waals surface area contributed by atoms with Gasteiger partial charge >= 0.3 is 6.18 Å². The average molecular weight is 351 g/mol. The maximum atomic E-state index is 13.3. The Labute approximate surface area is 139 Å². The molecule has 2 aromatic heterocycles. The van der Waals surface area contributed by atoms with Crippen molar-refractivity contribution in [3.63, 3.8) is 0 Å². The molecular weight excluding hydrogens is 338 g/mol. The van der Waals surface area contributed by atoms with E-state index in [1.54, 1.807) is 25.3 Å². The van der Waals surface area contributed by atoms with E-state index in [1.165, 1.54) is 12.5 Å². The highest BCUT2D eigenvalue weighted by Crippen LogP contribution is 2.31. The molecule has 0 amide bonds. The smallest absolute Gasteiger partial charge is 0.329 e. The minimum Gasteiger partial charge on any atom is -0.329 e. The molecular formula is C16H13F4N5. The molecule has 9 heteroatoms. The molecule has 25 heavy (non-hydrogen) atoms. The Morgan fingerprint density at radius 2 is 2.16 bits per heavy atom. The number of nitrogens with zero attached hydrogens (tertiary/aromatic N) is 4. The van der Waals surface area contributed by atoms with Crippen LogP contribution in [0.5, 0.6) is 0 Å². The zero-order valence-corrected chi connectivity index (χ0v) is 13.0. The van der Waals surface area contributed by atoms with E-state index in [1.807, 2.05) is 0 Å². The molecule has 1 aliphatic rings. The van der Waals surface area contributed by atoms with Crippen LogP contribution in [0, 0.1) is 0 Å². The van der Waals surface area contributed by atoms with Gasteiger partial charge in [0.2, 0.25) is 6.17 Å². The number of imidazole rings is 1. The molecule has 3 heterocycles. The van der Waals surface area contributed by atoms with Crippen molar-refractivity contribution in [3.8, 4) is 0 Å². The van der Waals surface area contributed by atoms with Gasteiger partial charge in [0, 0.05) is 29.7 Å². The molecule has 1 unspecified atom stereocenters. The summed E-state index contributed by atoms with van der Waals surface area (Å²) in [5.74, 6) is 0. The van der Waals surface area contributed by atoms with Crippen molar-refractivity contribution >= 4 is 28.7 Å². The highest BCUT2D eigenvalue weighted by molar-refractivity contribution is 6.14. The number of pyridine rings is 1. The molecule has 130 valence electrons. The van der Waals surface area contributed by atoms with Crippen LogP contribution in [-0.2, 0) is 0 Å². The molecule has 0 aliphatic carbocycles. The molecule has 0 saturated carbocycles. The average Bonchev–Trinajstić information content (AvgIpc) is 3.02. The van der Waals surface area contributed by atoms with E-state index in [4.69, 9.17) is 0 Å². The molecule has 0 spiro atoms. The summed E-state index contributed by atoms with van der Waals surface area (Å²) < 4.78 is 50.5. The molecule has 0 radical (unpaired) electrons. The normalized spacial score (nSPS) is 16.8. The van der Waals surface area contributed by atoms with Crippen LogP contribution in [-0.4, -0.2) is 45.8 Å². The molecule has 5 nitrogen and oxygen atoms in total. The number of nitrogens with one attached hydrogen (secondary N) is 1. The van der Waals surface area contributed by atoms with Gasteiger partial charge in [-0.3, -0.25) is 9.98 Å². The van der Waals surface area contributed by atoms with Crippen LogP contribution in [0.2, 0.25) is 0 Å². The Hall–Kier alpha value is -2.84. The van der Waals surface area contributed by atoms with Gasteiger partial charge in [-0.05, 0) is 18.6 Å². The number of aliphatic imine (C=N–C) groups is 2. The van der Waals surface area contributed by atoms with Gasteiger partial charge in [-0.2, -0.15) is 13.2 Å². The lowest BCUT2D eigenvalue weighted by molar-refractivity contribution is -0.168. The first-order valence-electron chi connectivity index (χ1n) is 7.34. The van der Waals surface area contributed by atoms with Gasteiger partial charge in [-0.1, -0.05) is 6.08 Å². The molecule has 2 aromatic rings. The minimum absolute atomic E-state index is 0.00354. The second-order valence-corrected chi connectivity index (χ2v) is 5.24. The highest BCUT2D eigenvalue weighted by Gasteiger charge is 2.45. The van der Waals surface area contributed by atoms with Crippen molar-refractivity contribution in [1.29, 1.82) is 0 Å². The molecule has 1 aliphatic heterocycles. The monoisotopic (exact) mass is 351 g/mol. The van der Waals surface area contributed by atoms with Crippen molar-refractivity contribution in [1.82, 2.24) is 15.0 Å². The van der Waals surface area contributed by atoms with E-state index < -0.39 is 17.9 Å². The Morgan fingerprint density at radius 3 is 2.80 bits per heavy atom. The Balaban J connectivity index is 1.71. The summed E-state index contributed by atoms with van der Waals surface area (Å²) >= 11 is 0. The van der Waals surface area contributed by atoms with Gasteiger partial charge in [0.1, 0.15) is 5.52 Å². The maximum absolute atomic E-state index is 13.3. The molecule has 0 fully saturated rings. The lowest BCUT2D eigenvalue weighted by Gasteiger charge is -2.20. The van der Waals surface area contributed by atoms with Gasteiger partial charge < -0.3 is 4.98 Å². The second kappa shape index (κ2) is 6.58. The second-order valence-electron chi connectivity index (χ2n) is 5.24. The van der Waals surface area contributed by atoms with E-state index in [0.29, 0.717) is 11.2 Å². The van der Waals surface area contributed by atoms with Gasteiger partial charge in [0.15, 0.2) is 5.65 Å². The fourth-order valence-corrected chi connectivity index (χ4v) is 2.36.